The van der Waals surface area contributed by atoms with E-state index in [0.717, 1.165) is 47.5 Å². The number of rotatable bonds is 4. The van der Waals surface area contributed by atoms with E-state index >= 15 is 0 Å². The highest BCUT2D eigenvalue weighted by Crippen LogP contribution is 2.20. The molecule has 0 spiro atoms. The van der Waals surface area contributed by atoms with Crippen molar-refractivity contribution in [2.75, 3.05) is 23.7 Å². The first-order valence-corrected chi connectivity index (χ1v) is 8.88. The zero-order valence-corrected chi connectivity index (χ0v) is 14.7. The van der Waals surface area contributed by atoms with Gasteiger partial charge < -0.3 is 16.0 Å². The Morgan fingerprint density at radius 3 is 3.15 bits per heavy atom. The second kappa shape index (κ2) is 7.03. The molecule has 1 aromatic carbocycles. The summed E-state index contributed by atoms with van der Waals surface area (Å²) in [6.45, 7) is 1.51. The van der Waals surface area contributed by atoms with Crippen molar-refractivity contribution in [3.05, 3.63) is 47.8 Å². The Morgan fingerprint density at radius 2 is 2.23 bits per heavy atom. The van der Waals surface area contributed by atoms with Gasteiger partial charge in [0.05, 0.1) is 11.7 Å². The first-order valence-electron chi connectivity index (χ1n) is 8.88. The summed E-state index contributed by atoms with van der Waals surface area (Å²) in [5, 5.41) is 14.3. The summed E-state index contributed by atoms with van der Waals surface area (Å²) in [5.74, 6) is 0.989. The number of pyridine rings is 1. The number of hydrogen-bond donors (Lipinski definition) is 3. The van der Waals surface area contributed by atoms with Crippen molar-refractivity contribution in [1.29, 1.82) is 0 Å². The molecule has 26 heavy (non-hydrogen) atoms. The van der Waals surface area contributed by atoms with Gasteiger partial charge in [0.15, 0.2) is 0 Å². The predicted molar refractivity (Wildman–Crippen MR) is 102 cm³/mol. The lowest BCUT2D eigenvalue weighted by Crippen LogP contribution is -2.30. The first kappa shape index (κ1) is 16.4. The molecular formula is C19H22N6O. The Labute approximate surface area is 151 Å². The highest BCUT2D eigenvalue weighted by molar-refractivity contribution is 5.92. The van der Waals surface area contributed by atoms with Crippen molar-refractivity contribution >= 4 is 28.4 Å². The summed E-state index contributed by atoms with van der Waals surface area (Å²) in [4.78, 5) is 16.8. The summed E-state index contributed by atoms with van der Waals surface area (Å²) in [6.07, 6.45) is 4.74. The van der Waals surface area contributed by atoms with E-state index < -0.39 is 0 Å². The molecule has 3 N–H and O–H groups in total. The van der Waals surface area contributed by atoms with Gasteiger partial charge in [0.2, 0.25) is 0 Å². The van der Waals surface area contributed by atoms with Crippen LogP contribution in [0.25, 0.3) is 10.9 Å². The molecule has 7 nitrogen and oxygen atoms in total. The van der Waals surface area contributed by atoms with Crippen LogP contribution in [0.1, 0.15) is 17.7 Å². The van der Waals surface area contributed by atoms with Crippen molar-refractivity contribution in [3.8, 4) is 0 Å². The molecule has 4 rings (SSSR count). The normalized spacial score (nSPS) is 13.1. The Hall–Kier alpha value is -3.09. The Balaban J connectivity index is 1.31. The minimum absolute atomic E-state index is 0.220. The van der Waals surface area contributed by atoms with Gasteiger partial charge in [-0.2, -0.15) is 5.10 Å². The van der Waals surface area contributed by atoms with Crippen LogP contribution in [0, 0.1) is 0 Å². The van der Waals surface area contributed by atoms with E-state index in [1.165, 1.54) is 5.56 Å². The third-order valence-electron chi connectivity index (χ3n) is 4.63. The lowest BCUT2D eigenvalue weighted by molar-refractivity contribution is 0.252. The number of carbonyl (C=O) groups is 1. The number of hydrogen-bond acceptors (Lipinski definition) is 4. The largest absolute Gasteiger partial charge is 0.370 e. The second-order valence-corrected chi connectivity index (χ2v) is 6.51. The Bertz CT molecular complexity index is 948. The van der Waals surface area contributed by atoms with Crippen molar-refractivity contribution < 1.29 is 4.79 Å². The van der Waals surface area contributed by atoms with Crippen LogP contribution in [0.5, 0.6) is 0 Å². The molecule has 2 amide bonds. The smallest absolute Gasteiger partial charge is 0.319 e. The second-order valence-electron chi connectivity index (χ2n) is 6.51. The van der Waals surface area contributed by atoms with Crippen LogP contribution < -0.4 is 16.0 Å². The quantitative estimate of drug-likeness (QED) is 0.675. The molecule has 0 fully saturated rings. The van der Waals surface area contributed by atoms with Gasteiger partial charge >= 0.3 is 6.03 Å². The molecule has 7 heteroatoms. The molecule has 2 aromatic heterocycles. The summed E-state index contributed by atoms with van der Waals surface area (Å²) in [6, 6.07) is 9.69. The first-order chi connectivity index (χ1) is 12.7. The number of amides is 2. The van der Waals surface area contributed by atoms with Gasteiger partial charge in [-0.1, -0.05) is 6.07 Å². The fourth-order valence-electron chi connectivity index (χ4n) is 3.21. The van der Waals surface area contributed by atoms with Crippen LogP contribution in [-0.2, 0) is 19.9 Å². The number of aromatic nitrogens is 3. The van der Waals surface area contributed by atoms with Gasteiger partial charge in [-0.05, 0) is 42.7 Å². The zero-order chi connectivity index (χ0) is 17.9. The van der Waals surface area contributed by atoms with Crippen LogP contribution in [0.3, 0.4) is 0 Å². The number of anilines is 2. The molecule has 0 radical (unpaired) electrons. The van der Waals surface area contributed by atoms with Crippen LogP contribution in [-0.4, -0.2) is 33.9 Å². The molecule has 0 saturated carbocycles. The molecule has 0 saturated heterocycles. The molecule has 0 unspecified atom stereocenters. The van der Waals surface area contributed by atoms with E-state index in [0.29, 0.717) is 13.0 Å². The third-order valence-corrected chi connectivity index (χ3v) is 4.63. The Morgan fingerprint density at radius 1 is 1.31 bits per heavy atom. The molecular weight excluding hydrogens is 328 g/mol. The summed E-state index contributed by atoms with van der Waals surface area (Å²) < 4.78 is 1.79. The predicted octanol–water partition coefficient (Wildman–Crippen LogP) is 2.69. The minimum Gasteiger partial charge on any atom is -0.370 e. The van der Waals surface area contributed by atoms with E-state index in [9.17, 15) is 4.79 Å². The van der Waals surface area contributed by atoms with Crippen LogP contribution in [0.15, 0.2) is 36.5 Å². The van der Waals surface area contributed by atoms with Crippen molar-refractivity contribution in [3.63, 3.8) is 0 Å². The SMILES string of the molecule is Cn1ncc2ccc(NC(=O)NCCc3ccc4c(n3)NCCC4)cc21. The molecule has 134 valence electrons. The highest BCUT2D eigenvalue weighted by Gasteiger charge is 2.10. The third kappa shape index (κ3) is 3.46. The van der Waals surface area contributed by atoms with Gasteiger partial charge in [-0.3, -0.25) is 4.68 Å². The lowest BCUT2D eigenvalue weighted by atomic mass is 10.1. The maximum absolute atomic E-state index is 12.1. The van der Waals surface area contributed by atoms with E-state index in [2.05, 4.69) is 32.1 Å². The highest BCUT2D eigenvalue weighted by atomic mass is 16.2. The molecule has 3 heterocycles. The monoisotopic (exact) mass is 350 g/mol. The number of nitrogens with one attached hydrogen (secondary N) is 3. The molecule has 1 aliphatic rings. The fraction of sp³-hybridized carbons (Fsp3) is 0.316. The van der Waals surface area contributed by atoms with E-state index in [-0.39, 0.29) is 6.03 Å². The van der Waals surface area contributed by atoms with Crippen molar-refractivity contribution in [2.24, 2.45) is 7.05 Å². The number of carbonyl (C=O) groups excluding carboxylic acids is 1. The maximum atomic E-state index is 12.1. The lowest BCUT2D eigenvalue weighted by Gasteiger charge is -2.17. The zero-order valence-electron chi connectivity index (χ0n) is 14.7. The number of benzene rings is 1. The number of nitrogens with zero attached hydrogens (tertiary/aromatic N) is 3. The van der Waals surface area contributed by atoms with Gasteiger partial charge in [-0.25, -0.2) is 9.78 Å². The maximum Gasteiger partial charge on any atom is 0.319 e. The number of fused-ring (bicyclic) bond motifs is 2. The standard InChI is InChI=1S/C19H22N6O/c1-25-17-11-16(7-5-14(17)12-22-25)24-19(26)21-10-8-15-6-4-13-3-2-9-20-18(13)23-15/h4-7,11-12H,2-3,8-10H2,1H3,(H,20,23)(H2,21,24,26). The van der Waals surface area contributed by atoms with Gasteiger partial charge in [0.25, 0.3) is 0 Å². The van der Waals surface area contributed by atoms with E-state index in [4.69, 9.17) is 0 Å². The minimum atomic E-state index is -0.220. The molecule has 0 bridgehead atoms. The summed E-state index contributed by atoms with van der Waals surface area (Å²) >= 11 is 0. The molecule has 1 aliphatic heterocycles. The van der Waals surface area contributed by atoms with Gasteiger partial charge in [0.1, 0.15) is 5.82 Å². The molecule has 0 aliphatic carbocycles. The molecule has 0 atom stereocenters. The van der Waals surface area contributed by atoms with Crippen LogP contribution in [0.2, 0.25) is 0 Å². The topological polar surface area (TPSA) is 83.9 Å². The van der Waals surface area contributed by atoms with Crippen molar-refractivity contribution in [2.45, 2.75) is 19.3 Å². The fourth-order valence-corrected chi connectivity index (χ4v) is 3.21. The molecule has 3 aromatic rings. The van der Waals surface area contributed by atoms with Gasteiger partial charge in [0, 0.05) is 43.3 Å². The number of aryl methyl sites for hydroxylation is 2. The van der Waals surface area contributed by atoms with Gasteiger partial charge in [-0.15, -0.1) is 0 Å². The Kier molecular flexibility index (Phi) is 4.43. The van der Waals surface area contributed by atoms with Crippen molar-refractivity contribution in [1.82, 2.24) is 20.1 Å². The average molecular weight is 350 g/mol. The summed E-state index contributed by atoms with van der Waals surface area (Å²) in [7, 11) is 1.88. The van der Waals surface area contributed by atoms with E-state index in [1.807, 2.05) is 31.3 Å². The van der Waals surface area contributed by atoms with Crippen LogP contribution in [0.4, 0.5) is 16.3 Å². The number of urea groups is 1. The average Bonchev–Trinajstić information content (AvgIpc) is 3.02. The summed E-state index contributed by atoms with van der Waals surface area (Å²) in [5.41, 5.74) is 3.98. The van der Waals surface area contributed by atoms with Crippen LogP contribution >= 0.6 is 0 Å². The van der Waals surface area contributed by atoms with E-state index in [1.54, 1.807) is 10.9 Å².